The summed E-state index contributed by atoms with van der Waals surface area (Å²) in [5.74, 6) is 7.38. The predicted molar refractivity (Wildman–Crippen MR) is 152 cm³/mol. The molecule has 9 nitrogen and oxygen atoms in total. The lowest BCUT2D eigenvalue weighted by Crippen LogP contribution is -2.44. The molecule has 6 rings (SSSR count). The first-order valence-corrected chi connectivity index (χ1v) is 13.8. The molecule has 1 saturated carbocycles. The first-order valence-electron chi connectivity index (χ1n) is 13.4. The molecular weight excluding hydrogens is 500 g/mol. The maximum absolute atomic E-state index is 12.6. The van der Waals surface area contributed by atoms with Crippen molar-refractivity contribution in [2.45, 2.75) is 31.7 Å². The summed E-state index contributed by atoms with van der Waals surface area (Å²) in [7, 11) is 2.16. The molecule has 3 N–H and O–H groups in total. The highest BCUT2D eigenvalue weighted by Crippen LogP contribution is 2.31. The number of H-pyrrole nitrogens is 1. The summed E-state index contributed by atoms with van der Waals surface area (Å²) in [6.07, 6.45) is 5.80. The number of likely N-dealkylation sites (tertiary alicyclic amines) is 1. The zero-order valence-corrected chi connectivity index (χ0v) is 22.4. The van der Waals surface area contributed by atoms with Crippen molar-refractivity contribution in [1.82, 2.24) is 24.8 Å². The lowest BCUT2D eigenvalue weighted by atomic mass is 10.1. The van der Waals surface area contributed by atoms with Gasteiger partial charge in [0, 0.05) is 68.8 Å². The number of rotatable bonds is 5. The van der Waals surface area contributed by atoms with Crippen molar-refractivity contribution in [1.29, 1.82) is 0 Å². The van der Waals surface area contributed by atoms with Crippen LogP contribution in [0.5, 0.6) is 0 Å². The third kappa shape index (κ3) is 5.66. The van der Waals surface area contributed by atoms with Crippen LogP contribution in [-0.4, -0.2) is 83.0 Å². The number of benzene rings is 1. The first-order chi connectivity index (χ1) is 18.5. The predicted octanol–water partition coefficient (Wildman–Crippen LogP) is 3.92. The highest BCUT2D eigenvalue weighted by atomic mass is 35.5. The second-order valence-electron chi connectivity index (χ2n) is 10.5. The summed E-state index contributed by atoms with van der Waals surface area (Å²) in [6.45, 7) is 5.53. The standard InChI is InChI=1S/C28H33ClN8O/c1-35-13-15-36(16-14-35)22-9-7-20(8-10-22)32-28-33-26-25(23(29)17-30-26)27(34-28)31-21-3-2-12-37(18-21)24(38)11-6-19-4-5-19/h7-10,17,19,21H,2-5,12-16,18H2,1H3,(H3,30,31,32,33,34)/t21-/m1/s1. The minimum atomic E-state index is -0.0849. The molecule has 198 valence electrons. The molecule has 1 aliphatic carbocycles. The zero-order valence-electron chi connectivity index (χ0n) is 21.6. The zero-order chi connectivity index (χ0) is 26.1. The van der Waals surface area contributed by atoms with Crippen LogP contribution in [0, 0.1) is 17.8 Å². The lowest BCUT2D eigenvalue weighted by Gasteiger charge is -2.34. The van der Waals surface area contributed by atoms with Crippen molar-refractivity contribution in [3.63, 3.8) is 0 Å². The molecule has 0 spiro atoms. The van der Waals surface area contributed by atoms with Crippen LogP contribution in [0.2, 0.25) is 5.02 Å². The quantitative estimate of drug-likeness (QED) is 0.429. The van der Waals surface area contributed by atoms with Gasteiger partial charge in [-0.3, -0.25) is 4.79 Å². The molecule has 1 atom stereocenters. The summed E-state index contributed by atoms with van der Waals surface area (Å²) in [6, 6.07) is 8.44. The van der Waals surface area contributed by atoms with Gasteiger partial charge in [-0.05, 0) is 62.9 Å². The van der Waals surface area contributed by atoms with E-state index in [-0.39, 0.29) is 11.9 Å². The number of nitrogens with zero attached hydrogens (tertiary/aromatic N) is 5. The number of likely N-dealkylation sites (N-methyl/N-ethyl adjacent to an activating group) is 1. The van der Waals surface area contributed by atoms with Crippen molar-refractivity contribution < 1.29 is 4.79 Å². The summed E-state index contributed by atoms with van der Waals surface area (Å²) in [4.78, 5) is 31.8. The fourth-order valence-electron chi connectivity index (χ4n) is 5.05. The molecule has 3 aliphatic rings. The Labute approximate surface area is 227 Å². The van der Waals surface area contributed by atoms with E-state index in [2.05, 4.69) is 73.6 Å². The average Bonchev–Trinajstić information content (AvgIpc) is 3.69. The summed E-state index contributed by atoms with van der Waals surface area (Å²) < 4.78 is 0. The van der Waals surface area contributed by atoms with Crippen LogP contribution in [-0.2, 0) is 4.79 Å². The van der Waals surface area contributed by atoms with Crippen LogP contribution in [0.25, 0.3) is 11.0 Å². The van der Waals surface area contributed by atoms with Crippen LogP contribution in [0.1, 0.15) is 25.7 Å². The third-order valence-corrected chi connectivity index (χ3v) is 7.78. The van der Waals surface area contributed by atoms with Crippen molar-refractivity contribution in [3.05, 3.63) is 35.5 Å². The maximum atomic E-state index is 12.6. The van der Waals surface area contributed by atoms with E-state index in [4.69, 9.17) is 16.6 Å². The molecule has 0 unspecified atom stereocenters. The Morgan fingerprint density at radius 1 is 1.08 bits per heavy atom. The number of aromatic nitrogens is 3. The molecule has 38 heavy (non-hydrogen) atoms. The van der Waals surface area contributed by atoms with Gasteiger partial charge in [0.2, 0.25) is 5.95 Å². The molecule has 2 aliphatic heterocycles. The summed E-state index contributed by atoms with van der Waals surface area (Å²) >= 11 is 6.50. The van der Waals surface area contributed by atoms with E-state index in [1.807, 2.05) is 4.90 Å². The number of piperidine rings is 1. The first kappa shape index (κ1) is 24.8. The van der Waals surface area contributed by atoms with E-state index in [1.165, 1.54) is 5.69 Å². The van der Waals surface area contributed by atoms with Gasteiger partial charge in [0.15, 0.2) is 0 Å². The van der Waals surface area contributed by atoms with E-state index < -0.39 is 0 Å². The van der Waals surface area contributed by atoms with Crippen molar-refractivity contribution >= 4 is 51.7 Å². The number of halogens is 1. The monoisotopic (exact) mass is 532 g/mol. The number of piperazine rings is 1. The molecule has 0 radical (unpaired) electrons. The number of hydrogen-bond acceptors (Lipinski definition) is 7. The van der Waals surface area contributed by atoms with E-state index in [9.17, 15) is 4.79 Å². The Hall–Kier alpha value is -3.48. The number of aromatic amines is 1. The molecule has 2 aromatic heterocycles. The molecule has 2 saturated heterocycles. The van der Waals surface area contributed by atoms with E-state index >= 15 is 0 Å². The fourth-order valence-corrected chi connectivity index (χ4v) is 5.28. The Kier molecular flexibility index (Phi) is 7.00. The second-order valence-corrected chi connectivity index (χ2v) is 10.9. The lowest BCUT2D eigenvalue weighted by molar-refractivity contribution is -0.126. The molecule has 4 heterocycles. The van der Waals surface area contributed by atoms with Gasteiger partial charge in [0.1, 0.15) is 11.5 Å². The number of hydrogen-bond donors (Lipinski definition) is 3. The van der Waals surface area contributed by atoms with Gasteiger partial charge in [0.25, 0.3) is 5.91 Å². The number of nitrogens with one attached hydrogen (secondary N) is 3. The SMILES string of the molecule is CN1CCN(c2ccc(Nc3nc(N[C@@H]4CCCN(C(=O)C#CC5CC5)C4)c4c(Cl)c[nH]c4n3)cc2)CC1. The van der Waals surface area contributed by atoms with E-state index in [1.54, 1.807) is 6.20 Å². The highest BCUT2D eigenvalue weighted by molar-refractivity contribution is 6.36. The normalized spacial score (nSPS) is 20.2. The topological polar surface area (TPSA) is 92.4 Å². The van der Waals surface area contributed by atoms with Gasteiger partial charge in [-0.25, -0.2) is 0 Å². The van der Waals surface area contributed by atoms with Gasteiger partial charge < -0.3 is 30.3 Å². The minimum absolute atomic E-state index is 0.0511. The van der Waals surface area contributed by atoms with E-state index in [0.717, 1.165) is 69.5 Å². The van der Waals surface area contributed by atoms with Crippen LogP contribution < -0.4 is 15.5 Å². The fraction of sp³-hybridized carbons (Fsp3) is 0.464. The maximum Gasteiger partial charge on any atom is 0.298 e. The molecule has 3 fully saturated rings. The Bertz CT molecular complexity index is 1370. The second kappa shape index (κ2) is 10.7. The average molecular weight is 533 g/mol. The minimum Gasteiger partial charge on any atom is -0.369 e. The number of anilines is 4. The molecular formula is C28H33ClN8O. The number of fused-ring (bicyclic) bond motifs is 1. The smallest absolute Gasteiger partial charge is 0.298 e. The summed E-state index contributed by atoms with van der Waals surface area (Å²) in [5, 5.41) is 8.20. The Morgan fingerprint density at radius 2 is 1.87 bits per heavy atom. The number of amides is 1. The van der Waals surface area contributed by atoms with Crippen molar-refractivity contribution in [2.24, 2.45) is 5.92 Å². The van der Waals surface area contributed by atoms with Gasteiger partial charge in [-0.15, -0.1) is 0 Å². The molecule has 3 aromatic rings. The van der Waals surface area contributed by atoms with Crippen LogP contribution in [0.15, 0.2) is 30.5 Å². The third-order valence-electron chi connectivity index (χ3n) is 7.49. The number of carbonyl (C=O) groups is 1. The number of carbonyl (C=O) groups excluding carboxylic acids is 1. The molecule has 10 heteroatoms. The van der Waals surface area contributed by atoms with Crippen LogP contribution >= 0.6 is 11.6 Å². The van der Waals surface area contributed by atoms with Gasteiger partial charge in [0.05, 0.1) is 10.4 Å². The molecule has 1 aromatic carbocycles. The van der Waals surface area contributed by atoms with Crippen LogP contribution in [0.4, 0.5) is 23.1 Å². The van der Waals surface area contributed by atoms with Crippen LogP contribution in [0.3, 0.4) is 0 Å². The van der Waals surface area contributed by atoms with Gasteiger partial charge in [-0.2, -0.15) is 9.97 Å². The van der Waals surface area contributed by atoms with E-state index in [0.29, 0.717) is 34.9 Å². The van der Waals surface area contributed by atoms with Crippen molar-refractivity contribution in [2.75, 3.05) is 61.8 Å². The van der Waals surface area contributed by atoms with Gasteiger partial charge >= 0.3 is 0 Å². The Morgan fingerprint density at radius 3 is 2.63 bits per heavy atom. The largest absolute Gasteiger partial charge is 0.369 e. The molecule has 1 amide bonds. The van der Waals surface area contributed by atoms with Crippen molar-refractivity contribution in [3.8, 4) is 11.8 Å². The highest BCUT2D eigenvalue weighted by Gasteiger charge is 2.25. The summed E-state index contributed by atoms with van der Waals surface area (Å²) in [5.41, 5.74) is 2.79. The Balaban J connectivity index is 1.17. The van der Waals surface area contributed by atoms with Gasteiger partial charge in [-0.1, -0.05) is 17.5 Å². The molecule has 0 bridgehead atoms.